The summed E-state index contributed by atoms with van der Waals surface area (Å²) in [4.78, 5) is 38.9. The van der Waals surface area contributed by atoms with Crippen LogP contribution in [0.4, 0.5) is 0 Å². The van der Waals surface area contributed by atoms with Crippen LogP contribution in [0.25, 0.3) is 0 Å². The van der Waals surface area contributed by atoms with Crippen LogP contribution < -0.4 is 9.47 Å². The molecule has 0 aromatic heterocycles. The van der Waals surface area contributed by atoms with Gasteiger partial charge in [0.2, 0.25) is 5.91 Å². The van der Waals surface area contributed by atoms with Crippen molar-refractivity contribution in [1.29, 1.82) is 0 Å². The summed E-state index contributed by atoms with van der Waals surface area (Å²) in [6.07, 6.45) is 6.59. The molecule has 2 aliphatic heterocycles. The molecule has 7 heteroatoms. The standard InChI is InChI=1S/C26H29NO6/c1-14(28)11-18-13-24-7-8-26(18,31-4)23-25(24)9-10-27(15(2)29)20(24)12-17-5-6-19(32-16(3)30)22(33-23)21(17)25/h5-8,18,20,23H,9-13H2,1-4H3/t18-,20-,23+,24+,25-,26+/m1/s1. The van der Waals surface area contributed by atoms with Crippen molar-refractivity contribution in [2.24, 2.45) is 11.3 Å². The number of methoxy groups -OCH3 is 1. The highest BCUT2D eigenvalue weighted by Crippen LogP contribution is 2.75. The van der Waals surface area contributed by atoms with Gasteiger partial charge >= 0.3 is 5.97 Å². The maximum absolute atomic E-state index is 12.7. The number of hydrogen-bond acceptors (Lipinski definition) is 6. The van der Waals surface area contributed by atoms with Crippen molar-refractivity contribution in [3.63, 3.8) is 0 Å². The van der Waals surface area contributed by atoms with Gasteiger partial charge in [0.1, 0.15) is 17.5 Å². The molecule has 2 fully saturated rings. The molecule has 1 aromatic rings. The van der Waals surface area contributed by atoms with E-state index < -0.39 is 17.0 Å². The number of carbonyl (C=O) groups is 3. The fourth-order valence-corrected chi connectivity index (χ4v) is 8.16. The molecule has 7 nitrogen and oxygen atoms in total. The third-order valence-corrected chi connectivity index (χ3v) is 9.12. The molecule has 1 amide bonds. The first-order valence-corrected chi connectivity index (χ1v) is 11.7. The quantitative estimate of drug-likeness (QED) is 0.398. The minimum atomic E-state index is -0.766. The van der Waals surface area contributed by atoms with Gasteiger partial charge in [0.25, 0.3) is 0 Å². The maximum Gasteiger partial charge on any atom is 0.308 e. The lowest BCUT2D eigenvalue weighted by Crippen LogP contribution is -2.79. The number of carbonyl (C=O) groups excluding carboxylic acids is 3. The molecule has 0 unspecified atom stereocenters. The van der Waals surface area contributed by atoms with Crippen LogP contribution in [0.3, 0.4) is 0 Å². The fourth-order valence-electron chi connectivity index (χ4n) is 8.16. The summed E-state index contributed by atoms with van der Waals surface area (Å²) < 4.78 is 18.6. The molecule has 0 radical (unpaired) electrons. The summed E-state index contributed by atoms with van der Waals surface area (Å²) in [5.41, 5.74) is 0.714. The van der Waals surface area contributed by atoms with Gasteiger partial charge in [-0.2, -0.15) is 0 Å². The van der Waals surface area contributed by atoms with E-state index in [1.807, 2.05) is 11.0 Å². The van der Waals surface area contributed by atoms with Crippen LogP contribution in [-0.4, -0.2) is 54.0 Å². The zero-order chi connectivity index (χ0) is 23.3. The Hall–Kier alpha value is -2.67. The number of hydrogen-bond donors (Lipinski definition) is 0. The molecule has 0 N–H and O–H groups in total. The van der Waals surface area contributed by atoms with Crippen LogP contribution in [-0.2, 0) is 31.0 Å². The van der Waals surface area contributed by atoms with Gasteiger partial charge in [-0.05, 0) is 37.8 Å². The summed E-state index contributed by atoms with van der Waals surface area (Å²) >= 11 is 0. The Morgan fingerprint density at radius 2 is 1.97 bits per heavy atom. The smallest absolute Gasteiger partial charge is 0.308 e. The lowest BCUT2D eigenvalue weighted by molar-refractivity contribution is -0.216. The number of rotatable bonds is 4. The number of ether oxygens (including phenoxy) is 3. The molecule has 174 valence electrons. The molecule has 7 rings (SSSR count). The summed E-state index contributed by atoms with van der Waals surface area (Å²) in [5, 5.41) is 0. The number of amides is 1. The molecule has 6 atom stereocenters. The van der Waals surface area contributed by atoms with Crippen molar-refractivity contribution in [2.75, 3.05) is 13.7 Å². The monoisotopic (exact) mass is 451 g/mol. The van der Waals surface area contributed by atoms with Crippen molar-refractivity contribution in [3.8, 4) is 11.5 Å². The number of fused-ring (bicyclic) bond motifs is 1. The van der Waals surface area contributed by atoms with Gasteiger partial charge in [0.05, 0.1) is 5.41 Å². The van der Waals surface area contributed by atoms with E-state index in [0.29, 0.717) is 30.9 Å². The van der Waals surface area contributed by atoms with Crippen molar-refractivity contribution in [1.82, 2.24) is 4.90 Å². The fraction of sp³-hybridized carbons (Fsp3) is 0.577. The van der Waals surface area contributed by atoms with Crippen LogP contribution in [0.1, 0.15) is 51.2 Å². The first kappa shape index (κ1) is 20.9. The number of piperidine rings is 1. The number of Topliss-reactive ketones (excluding diaryl/α,β-unsaturated/α-hetero) is 1. The molecule has 6 aliphatic rings. The second kappa shape index (κ2) is 6.47. The minimum Gasteiger partial charge on any atom is -0.482 e. The highest BCUT2D eigenvalue weighted by atomic mass is 16.6. The minimum absolute atomic E-state index is 0.0197. The van der Waals surface area contributed by atoms with E-state index in [-0.39, 0.29) is 35.2 Å². The molecule has 1 saturated carbocycles. The summed E-state index contributed by atoms with van der Waals surface area (Å²) in [7, 11) is 1.69. The third kappa shape index (κ3) is 2.27. The Morgan fingerprint density at radius 1 is 1.18 bits per heavy atom. The van der Waals surface area contributed by atoms with E-state index in [1.165, 1.54) is 6.92 Å². The van der Waals surface area contributed by atoms with E-state index in [9.17, 15) is 14.4 Å². The number of esters is 1. The van der Waals surface area contributed by atoms with Gasteiger partial charge in [0, 0.05) is 56.9 Å². The highest BCUT2D eigenvalue weighted by molar-refractivity contribution is 5.78. The Morgan fingerprint density at radius 3 is 2.64 bits per heavy atom. The largest absolute Gasteiger partial charge is 0.482 e. The first-order chi connectivity index (χ1) is 15.7. The predicted molar refractivity (Wildman–Crippen MR) is 118 cm³/mol. The molecular weight excluding hydrogens is 422 g/mol. The van der Waals surface area contributed by atoms with Crippen LogP contribution in [0, 0.1) is 11.3 Å². The van der Waals surface area contributed by atoms with Crippen molar-refractivity contribution in [3.05, 3.63) is 35.4 Å². The van der Waals surface area contributed by atoms with Gasteiger partial charge in [-0.3, -0.25) is 9.59 Å². The lowest BCUT2D eigenvalue weighted by atomic mass is 9.37. The molecule has 4 aliphatic carbocycles. The number of nitrogens with zero attached hydrogens (tertiary/aromatic N) is 1. The maximum atomic E-state index is 12.7. The Kier molecular flexibility index (Phi) is 4.10. The van der Waals surface area contributed by atoms with Crippen LogP contribution in [0.2, 0.25) is 0 Å². The predicted octanol–water partition coefficient (Wildman–Crippen LogP) is 2.73. The van der Waals surface area contributed by atoms with Gasteiger partial charge < -0.3 is 23.9 Å². The SMILES string of the molecule is CO[C@@]12C=C[C@]3(C[C@H]1CC(C)=O)[C@H]1Cc4ccc(OC(C)=O)c5c4[C@]3(CCN1C(C)=O)[C@@H]2O5. The Bertz CT molecular complexity index is 1140. The number of likely N-dealkylation sites (tertiary alicyclic amines) is 1. The first-order valence-electron chi connectivity index (χ1n) is 11.7. The molecule has 4 bridgehead atoms. The molecule has 33 heavy (non-hydrogen) atoms. The topological polar surface area (TPSA) is 82.1 Å². The zero-order valence-corrected chi connectivity index (χ0v) is 19.5. The molecule has 1 aromatic carbocycles. The van der Waals surface area contributed by atoms with Crippen LogP contribution in [0.15, 0.2) is 24.3 Å². The molecule has 2 spiro atoms. The molecule has 2 heterocycles. The third-order valence-electron chi connectivity index (χ3n) is 9.12. The van der Waals surface area contributed by atoms with Gasteiger partial charge in [0.15, 0.2) is 11.5 Å². The average Bonchev–Trinajstić information content (AvgIpc) is 3.10. The van der Waals surface area contributed by atoms with E-state index in [4.69, 9.17) is 14.2 Å². The second-order valence-corrected chi connectivity index (χ2v) is 10.4. The van der Waals surface area contributed by atoms with Crippen LogP contribution >= 0.6 is 0 Å². The summed E-state index contributed by atoms with van der Waals surface area (Å²) in [6, 6.07) is 3.80. The summed E-state index contributed by atoms with van der Waals surface area (Å²) in [6.45, 7) is 5.29. The number of benzene rings is 1. The zero-order valence-electron chi connectivity index (χ0n) is 19.5. The van der Waals surface area contributed by atoms with Crippen molar-refractivity contribution >= 4 is 17.7 Å². The van der Waals surface area contributed by atoms with Crippen molar-refractivity contribution < 1.29 is 28.6 Å². The average molecular weight is 452 g/mol. The van der Waals surface area contributed by atoms with E-state index in [0.717, 1.165) is 24.0 Å². The Balaban J connectivity index is 1.64. The van der Waals surface area contributed by atoms with Crippen molar-refractivity contribution in [2.45, 2.75) is 69.6 Å². The molecular formula is C26H29NO6. The normalized spacial score (nSPS) is 38.5. The van der Waals surface area contributed by atoms with E-state index >= 15 is 0 Å². The number of ketones is 1. The van der Waals surface area contributed by atoms with Gasteiger partial charge in [-0.15, -0.1) is 0 Å². The van der Waals surface area contributed by atoms with E-state index in [2.05, 4.69) is 12.2 Å². The summed E-state index contributed by atoms with van der Waals surface area (Å²) in [5.74, 6) is 0.788. The second-order valence-electron chi connectivity index (χ2n) is 10.4. The van der Waals surface area contributed by atoms with Gasteiger partial charge in [-0.25, -0.2) is 0 Å². The molecule has 1 saturated heterocycles. The lowest BCUT2D eigenvalue weighted by Gasteiger charge is -2.71. The highest BCUT2D eigenvalue weighted by Gasteiger charge is 2.79. The van der Waals surface area contributed by atoms with E-state index in [1.54, 1.807) is 27.0 Å². The van der Waals surface area contributed by atoms with Gasteiger partial charge in [-0.1, -0.05) is 18.2 Å². The Labute approximate surface area is 193 Å². The van der Waals surface area contributed by atoms with Crippen LogP contribution in [0.5, 0.6) is 11.5 Å².